The number of likely N-dealkylation sites (N-methyl/N-ethyl adjacent to an activating group) is 1. The molecule has 1 aromatic carbocycles. The van der Waals surface area contributed by atoms with Crippen LogP contribution in [0.3, 0.4) is 0 Å². The van der Waals surface area contributed by atoms with Crippen molar-refractivity contribution in [2.24, 2.45) is 0 Å². The number of urea groups is 1. The molecule has 2 aromatic rings. The Kier molecular flexibility index (Phi) is 4.66. The number of carbonyl (C=O) groups excluding carboxylic acids is 2. The number of hydrogen-bond acceptors (Lipinski definition) is 3. The van der Waals surface area contributed by atoms with Gasteiger partial charge in [0.15, 0.2) is 0 Å². The van der Waals surface area contributed by atoms with Crippen LogP contribution in [0.5, 0.6) is 0 Å². The van der Waals surface area contributed by atoms with E-state index in [1.165, 1.54) is 0 Å². The van der Waals surface area contributed by atoms with Crippen LogP contribution in [0.25, 0.3) is 0 Å². The van der Waals surface area contributed by atoms with Crippen LogP contribution in [0, 0.1) is 0 Å². The molecule has 3 rings (SSSR count). The largest absolute Gasteiger partial charge is 0.325 e. The highest BCUT2D eigenvalue weighted by Gasteiger charge is 2.28. The second-order valence-corrected chi connectivity index (χ2v) is 5.82. The lowest BCUT2D eigenvalue weighted by Crippen LogP contribution is -2.32. The molecule has 1 saturated heterocycles. The maximum absolute atomic E-state index is 12.2. The molecule has 0 aliphatic carbocycles. The van der Waals surface area contributed by atoms with Gasteiger partial charge in [0, 0.05) is 30.2 Å². The molecule has 7 heteroatoms. The fourth-order valence-electron chi connectivity index (χ4n) is 2.54. The Morgan fingerprint density at radius 2 is 2.12 bits per heavy atom. The summed E-state index contributed by atoms with van der Waals surface area (Å²) in [6.45, 7) is 3.95. The molecule has 24 heavy (non-hydrogen) atoms. The summed E-state index contributed by atoms with van der Waals surface area (Å²) >= 11 is 5.89. The maximum atomic E-state index is 12.2. The van der Waals surface area contributed by atoms with Gasteiger partial charge in [0.05, 0.1) is 11.9 Å². The predicted octanol–water partition coefficient (Wildman–Crippen LogP) is 3.25. The van der Waals surface area contributed by atoms with Crippen molar-refractivity contribution in [3.05, 3.63) is 53.2 Å². The Hall–Kier alpha value is -2.60. The monoisotopic (exact) mass is 344 g/mol. The third kappa shape index (κ3) is 3.33. The number of rotatable bonds is 4. The van der Waals surface area contributed by atoms with Crippen LogP contribution >= 0.6 is 11.6 Å². The summed E-state index contributed by atoms with van der Waals surface area (Å²) in [5.41, 5.74) is 1.03. The highest BCUT2D eigenvalue weighted by molar-refractivity contribution is 6.31. The zero-order valence-electron chi connectivity index (χ0n) is 13.2. The van der Waals surface area contributed by atoms with E-state index in [4.69, 9.17) is 11.6 Å². The normalized spacial score (nSPS) is 14.2. The molecule has 1 aromatic heterocycles. The number of carbonyl (C=O) groups is 2. The summed E-state index contributed by atoms with van der Waals surface area (Å²) < 4.78 is 0. The van der Waals surface area contributed by atoms with Gasteiger partial charge in [0.25, 0.3) is 5.91 Å². The van der Waals surface area contributed by atoms with Crippen LogP contribution in [0.4, 0.5) is 16.3 Å². The van der Waals surface area contributed by atoms with Crippen molar-refractivity contribution in [2.75, 3.05) is 29.9 Å². The second kappa shape index (κ2) is 6.88. The van der Waals surface area contributed by atoms with Gasteiger partial charge in [-0.05, 0) is 37.3 Å². The molecule has 0 spiro atoms. The number of nitrogens with one attached hydrogen (secondary N) is 1. The highest BCUT2D eigenvalue weighted by atomic mass is 35.5. The third-order valence-electron chi connectivity index (χ3n) is 3.85. The van der Waals surface area contributed by atoms with Gasteiger partial charge in [-0.1, -0.05) is 17.7 Å². The van der Waals surface area contributed by atoms with Crippen LogP contribution in [-0.4, -0.2) is 41.5 Å². The fourth-order valence-corrected chi connectivity index (χ4v) is 2.73. The van der Waals surface area contributed by atoms with Crippen molar-refractivity contribution in [1.82, 2.24) is 9.88 Å². The van der Waals surface area contributed by atoms with Gasteiger partial charge in [0.2, 0.25) is 0 Å². The SMILES string of the molecule is CCN1CCN(c2ccc(NC(=O)c3cccc(Cl)c3)cn2)C1=O. The van der Waals surface area contributed by atoms with E-state index < -0.39 is 0 Å². The van der Waals surface area contributed by atoms with E-state index in [9.17, 15) is 9.59 Å². The number of benzene rings is 1. The van der Waals surface area contributed by atoms with E-state index in [2.05, 4.69) is 10.3 Å². The van der Waals surface area contributed by atoms with E-state index in [1.54, 1.807) is 52.4 Å². The summed E-state index contributed by atoms with van der Waals surface area (Å²) in [4.78, 5) is 32.0. The van der Waals surface area contributed by atoms with Gasteiger partial charge in [0.1, 0.15) is 5.82 Å². The topological polar surface area (TPSA) is 65.5 Å². The summed E-state index contributed by atoms with van der Waals surface area (Å²) in [5.74, 6) is 0.318. The maximum Gasteiger partial charge on any atom is 0.325 e. The Bertz CT molecular complexity index is 763. The smallest absolute Gasteiger partial charge is 0.323 e. The molecule has 3 amide bonds. The standard InChI is InChI=1S/C17H17ClN4O2/c1-2-21-8-9-22(17(21)24)15-7-6-14(11-19-15)20-16(23)12-4-3-5-13(18)10-12/h3-7,10-11H,2,8-9H2,1H3,(H,20,23). The molecular formula is C17H17ClN4O2. The third-order valence-corrected chi connectivity index (χ3v) is 4.08. The van der Waals surface area contributed by atoms with Crippen LogP contribution in [-0.2, 0) is 0 Å². The van der Waals surface area contributed by atoms with Crippen molar-refractivity contribution in [1.29, 1.82) is 0 Å². The minimum absolute atomic E-state index is 0.0410. The number of pyridine rings is 1. The first-order valence-electron chi connectivity index (χ1n) is 7.68. The Morgan fingerprint density at radius 1 is 1.29 bits per heavy atom. The van der Waals surface area contributed by atoms with Crippen molar-refractivity contribution in [2.45, 2.75) is 6.92 Å². The first-order chi connectivity index (χ1) is 11.6. The van der Waals surface area contributed by atoms with Gasteiger partial charge in [-0.3, -0.25) is 9.69 Å². The lowest BCUT2D eigenvalue weighted by molar-refractivity contribution is 0.102. The molecule has 2 heterocycles. The number of nitrogens with zero attached hydrogens (tertiary/aromatic N) is 3. The molecule has 0 radical (unpaired) electrons. The minimum Gasteiger partial charge on any atom is -0.323 e. The predicted molar refractivity (Wildman–Crippen MR) is 93.6 cm³/mol. The summed E-state index contributed by atoms with van der Waals surface area (Å²) in [5, 5.41) is 3.26. The van der Waals surface area contributed by atoms with Crippen LogP contribution in [0.1, 0.15) is 17.3 Å². The van der Waals surface area contributed by atoms with Crippen molar-refractivity contribution in [3.8, 4) is 0 Å². The van der Waals surface area contributed by atoms with E-state index in [-0.39, 0.29) is 11.9 Å². The molecule has 1 N–H and O–H groups in total. The van der Waals surface area contributed by atoms with E-state index >= 15 is 0 Å². The molecule has 0 bridgehead atoms. The quantitative estimate of drug-likeness (QED) is 0.925. The van der Waals surface area contributed by atoms with Gasteiger partial charge in [-0.2, -0.15) is 0 Å². The van der Waals surface area contributed by atoms with Gasteiger partial charge in [-0.25, -0.2) is 9.78 Å². The molecule has 0 saturated carbocycles. The van der Waals surface area contributed by atoms with Gasteiger partial charge in [-0.15, -0.1) is 0 Å². The molecule has 0 atom stereocenters. The number of amides is 3. The lowest BCUT2D eigenvalue weighted by Gasteiger charge is -2.16. The second-order valence-electron chi connectivity index (χ2n) is 5.38. The Labute approximate surface area is 145 Å². The lowest BCUT2D eigenvalue weighted by atomic mass is 10.2. The van der Waals surface area contributed by atoms with Crippen molar-refractivity contribution < 1.29 is 9.59 Å². The number of aromatic nitrogens is 1. The summed E-state index contributed by atoms with van der Waals surface area (Å²) in [7, 11) is 0. The van der Waals surface area contributed by atoms with E-state index in [0.717, 1.165) is 0 Å². The molecule has 6 nitrogen and oxygen atoms in total. The summed E-state index contributed by atoms with van der Waals surface area (Å²) in [6, 6.07) is 10.1. The first kappa shape index (κ1) is 16.3. The Morgan fingerprint density at radius 3 is 2.75 bits per heavy atom. The van der Waals surface area contributed by atoms with E-state index in [1.807, 2.05) is 6.92 Å². The molecular weight excluding hydrogens is 328 g/mol. The van der Waals surface area contributed by atoms with Crippen LogP contribution < -0.4 is 10.2 Å². The zero-order valence-corrected chi connectivity index (χ0v) is 14.0. The average molecular weight is 345 g/mol. The van der Waals surface area contributed by atoms with Gasteiger partial charge >= 0.3 is 6.03 Å². The van der Waals surface area contributed by atoms with Gasteiger partial charge < -0.3 is 10.2 Å². The average Bonchev–Trinajstić information content (AvgIpc) is 2.96. The fraction of sp³-hybridized carbons (Fsp3) is 0.235. The minimum atomic E-state index is -0.263. The highest BCUT2D eigenvalue weighted by Crippen LogP contribution is 2.20. The van der Waals surface area contributed by atoms with E-state index in [0.29, 0.717) is 41.7 Å². The molecule has 1 fully saturated rings. The number of hydrogen-bond donors (Lipinski definition) is 1. The van der Waals surface area contributed by atoms with Crippen LogP contribution in [0.15, 0.2) is 42.6 Å². The Balaban J connectivity index is 1.69. The molecule has 124 valence electrons. The zero-order chi connectivity index (χ0) is 17.1. The number of anilines is 2. The molecule has 0 unspecified atom stereocenters. The van der Waals surface area contributed by atoms with Crippen molar-refractivity contribution >= 4 is 35.0 Å². The molecule has 1 aliphatic rings. The van der Waals surface area contributed by atoms with Crippen molar-refractivity contribution in [3.63, 3.8) is 0 Å². The summed E-state index contributed by atoms with van der Waals surface area (Å²) in [6.07, 6.45) is 1.54. The first-order valence-corrected chi connectivity index (χ1v) is 8.05. The number of halogens is 1. The molecule has 1 aliphatic heterocycles. The van der Waals surface area contributed by atoms with Crippen LogP contribution in [0.2, 0.25) is 5.02 Å².